The van der Waals surface area contributed by atoms with Gasteiger partial charge in [-0.3, -0.25) is 4.79 Å². The lowest BCUT2D eigenvalue weighted by Crippen LogP contribution is -2.26. The number of likely N-dealkylation sites (tertiary alicyclic amines) is 1. The first kappa shape index (κ1) is 29.6. The second-order valence-electron chi connectivity index (χ2n) is 10.0. The predicted molar refractivity (Wildman–Crippen MR) is 164 cm³/mol. The van der Waals surface area contributed by atoms with Gasteiger partial charge in [-0.25, -0.2) is 0 Å². The average Bonchev–Trinajstić information content (AvgIpc) is 3.67. The quantitative estimate of drug-likeness (QED) is 0.134. The summed E-state index contributed by atoms with van der Waals surface area (Å²) in [5.74, 6) is 7.06. The van der Waals surface area contributed by atoms with Crippen molar-refractivity contribution in [1.29, 1.82) is 5.26 Å². The summed E-state index contributed by atoms with van der Waals surface area (Å²) in [7, 11) is 0. The highest BCUT2D eigenvalue weighted by Gasteiger charge is 2.20. The van der Waals surface area contributed by atoms with Gasteiger partial charge in [-0.05, 0) is 74.3 Å². The molecule has 0 saturated carbocycles. The summed E-state index contributed by atoms with van der Waals surface area (Å²) < 4.78 is 6.06. The van der Waals surface area contributed by atoms with Crippen molar-refractivity contribution < 1.29 is 9.21 Å². The number of nitriles is 1. The van der Waals surface area contributed by atoms with Crippen LogP contribution in [0.3, 0.4) is 0 Å². The van der Waals surface area contributed by atoms with E-state index in [0.717, 1.165) is 59.4 Å². The standard InChI is InChI=1S/C26H23N3OS.C8H11NO/c1-17-12-20(22-10-7-11-24(31-3)23(22)16-27)15-21(13-17)26-29-28-25(30-26)18(2)14-19-8-5-4-6-9-19;1-2-4-8-5-3-6-9(8)7-10/h4-13,15,18H,14H2,1-3H3;7-8H,3,5-6H2,1H3. The molecule has 0 aliphatic carbocycles. The van der Waals surface area contributed by atoms with E-state index in [2.05, 4.69) is 53.2 Å². The normalized spacial score (nSPS) is 14.7. The number of amides is 1. The highest BCUT2D eigenvalue weighted by Crippen LogP contribution is 2.34. The number of rotatable bonds is 7. The van der Waals surface area contributed by atoms with E-state index >= 15 is 0 Å². The number of aromatic nitrogens is 2. The number of carbonyl (C=O) groups excluding carboxylic acids is 1. The largest absolute Gasteiger partial charge is 0.420 e. The van der Waals surface area contributed by atoms with Crippen molar-refractivity contribution in [3.05, 3.63) is 89.3 Å². The van der Waals surface area contributed by atoms with E-state index in [9.17, 15) is 10.1 Å². The summed E-state index contributed by atoms with van der Waals surface area (Å²) in [6, 6.07) is 24.9. The molecule has 0 spiro atoms. The van der Waals surface area contributed by atoms with Crippen LogP contribution in [0.1, 0.15) is 55.2 Å². The summed E-state index contributed by atoms with van der Waals surface area (Å²) in [6.45, 7) is 6.82. The number of nitrogens with zero attached hydrogens (tertiary/aromatic N) is 4. The molecule has 5 rings (SSSR count). The summed E-state index contributed by atoms with van der Waals surface area (Å²) in [5, 5.41) is 18.4. The molecular weight excluding hydrogens is 528 g/mol. The molecule has 1 amide bonds. The van der Waals surface area contributed by atoms with Crippen LogP contribution in [0.2, 0.25) is 0 Å². The molecule has 7 heteroatoms. The van der Waals surface area contributed by atoms with Gasteiger partial charge < -0.3 is 9.32 Å². The number of hydrogen-bond donors (Lipinski definition) is 0. The molecule has 208 valence electrons. The molecule has 1 fully saturated rings. The van der Waals surface area contributed by atoms with Gasteiger partial charge in [0.2, 0.25) is 18.2 Å². The summed E-state index contributed by atoms with van der Waals surface area (Å²) in [6.07, 6.45) is 5.85. The average molecular weight is 563 g/mol. The smallest absolute Gasteiger partial charge is 0.247 e. The van der Waals surface area contributed by atoms with E-state index < -0.39 is 0 Å². The fraction of sp³-hybridized carbons (Fsp3) is 0.294. The third kappa shape index (κ3) is 7.45. The maximum absolute atomic E-state index is 10.4. The van der Waals surface area contributed by atoms with Crippen molar-refractivity contribution in [1.82, 2.24) is 15.1 Å². The van der Waals surface area contributed by atoms with Gasteiger partial charge in [0.15, 0.2) is 0 Å². The van der Waals surface area contributed by atoms with Crippen LogP contribution in [0.25, 0.3) is 22.6 Å². The van der Waals surface area contributed by atoms with E-state index in [1.807, 2.05) is 61.7 Å². The van der Waals surface area contributed by atoms with Gasteiger partial charge in [0, 0.05) is 28.5 Å². The summed E-state index contributed by atoms with van der Waals surface area (Å²) in [5.41, 5.74) is 5.75. The van der Waals surface area contributed by atoms with E-state index in [1.54, 1.807) is 23.6 Å². The number of thioether (sulfide) groups is 1. The third-order valence-electron chi connectivity index (χ3n) is 6.98. The number of hydrogen-bond acceptors (Lipinski definition) is 6. The molecule has 3 aromatic carbocycles. The Morgan fingerprint density at radius 2 is 1.90 bits per heavy atom. The molecule has 1 aliphatic rings. The van der Waals surface area contributed by atoms with Gasteiger partial charge in [-0.15, -0.1) is 27.9 Å². The van der Waals surface area contributed by atoms with Crippen LogP contribution in [0.4, 0.5) is 0 Å². The number of benzene rings is 3. The first-order chi connectivity index (χ1) is 20.0. The van der Waals surface area contributed by atoms with Crippen molar-refractivity contribution in [2.45, 2.75) is 56.9 Å². The monoisotopic (exact) mass is 562 g/mol. The summed E-state index contributed by atoms with van der Waals surface area (Å²) in [4.78, 5) is 13.1. The Labute approximate surface area is 246 Å². The van der Waals surface area contributed by atoms with Crippen molar-refractivity contribution in [3.8, 4) is 40.5 Å². The van der Waals surface area contributed by atoms with Gasteiger partial charge in [-0.1, -0.05) is 61.4 Å². The Kier molecular flexibility index (Phi) is 10.4. The van der Waals surface area contributed by atoms with Crippen LogP contribution in [0.5, 0.6) is 0 Å². The minimum absolute atomic E-state index is 0.122. The van der Waals surface area contributed by atoms with Crippen LogP contribution in [-0.2, 0) is 11.2 Å². The van der Waals surface area contributed by atoms with Crippen LogP contribution in [0, 0.1) is 30.1 Å². The lowest BCUT2D eigenvalue weighted by atomic mass is 9.96. The first-order valence-electron chi connectivity index (χ1n) is 13.7. The van der Waals surface area contributed by atoms with Crippen molar-refractivity contribution >= 4 is 18.2 Å². The van der Waals surface area contributed by atoms with Crippen molar-refractivity contribution in [3.63, 3.8) is 0 Å². The molecule has 4 aromatic rings. The number of carbonyl (C=O) groups is 1. The van der Waals surface area contributed by atoms with Gasteiger partial charge in [0.1, 0.15) is 6.07 Å². The Morgan fingerprint density at radius 1 is 1.12 bits per heavy atom. The van der Waals surface area contributed by atoms with E-state index in [0.29, 0.717) is 17.3 Å². The molecule has 2 heterocycles. The van der Waals surface area contributed by atoms with E-state index in [1.165, 1.54) is 5.56 Å². The second kappa shape index (κ2) is 14.3. The topological polar surface area (TPSA) is 83.0 Å². The molecule has 2 unspecified atom stereocenters. The molecule has 1 saturated heterocycles. The van der Waals surface area contributed by atoms with Gasteiger partial charge in [0.25, 0.3) is 0 Å². The lowest BCUT2D eigenvalue weighted by Gasteiger charge is -2.12. The zero-order valence-electron chi connectivity index (χ0n) is 23.9. The van der Waals surface area contributed by atoms with Crippen molar-refractivity contribution in [2.75, 3.05) is 12.8 Å². The molecule has 2 atom stereocenters. The van der Waals surface area contributed by atoms with Crippen molar-refractivity contribution in [2.24, 2.45) is 0 Å². The minimum atomic E-state index is 0.122. The molecule has 41 heavy (non-hydrogen) atoms. The SMILES string of the molecule is CC#CC1CCCN1C=O.CSc1cccc(-c2cc(C)cc(-c3nnc(C(C)Cc4ccccc4)o3)c2)c1C#N. The highest BCUT2D eigenvalue weighted by molar-refractivity contribution is 7.98. The van der Waals surface area contributed by atoms with Crippen LogP contribution in [0.15, 0.2) is 76.0 Å². The maximum atomic E-state index is 10.4. The molecule has 1 aromatic heterocycles. The van der Waals surface area contributed by atoms with Gasteiger partial charge >= 0.3 is 0 Å². The molecule has 6 nitrogen and oxygen atoms in total. The zero-order valence-corrected chi connectivity index (χ0v) is 24.7. The molecule has 0 N–H and O–H groups in total. The Hall–Kier alpha value is -4.33. The molecule has 1 aliphatic heterocycles. The predicted octanol–water partition coefficient (Wildman–Crippen LogP) is 7.28. The Balaban J connectivity index is 0.000000328. The Bertz CT molecular complexity index is 1580. The first-order valence-corrected chi connectivity index (χ1v) is 14.9. The van der Waals surface area contributed by atoms with Crippen LogP contribution < -0.4 is 0 Å². The molecular formula is C34H34N4O2S. The van der Waals surface area contributed by atoms with E-state index in [4.69, 9.17) is 4.42 Å². The van der Waals surface area contributed by atoms with E-state index in [-0.39, 0.29) is 12.0 Å². The fourth-order valence-electron chi connectivity index (χ4n) is 4.96. The third-order valence-corrected chi connectivity index (χ3v) is 7.76. The Morgan fingerprint density at radius 3 is 2.61 bits per heavy atom. The molecule has 0 bridgehead atoms. The maximum Gasteiger partial charge on any atom is 0.247 e. The van der Waals surface area contributed by atoms with Gasteiger partial charge in [-0.2, -0.15) is 5.26 Å². The number of aryl methyl sites for hydroxylation is 1. The van der Waals surface area contributed by atoms with Gasteiger partial charge in [0.05, 0.1) is 11.6 Å². The second-order valence-corrected chi connectivity index (χ2v) is 10.9. The highest BCUT2D eigenvalue weighted by atomic mass is 32.2. The minimum Gasteiger partial charge on any atom is -0.420 e. The zero-order chi connectivity index (χ0) is 29.2. The fourth-order valence-corrected chi connectivity index (χ4v) is 5.54. The summed E-state index contributed by atoms with van der Waals surface area (Å²) >= 11 is 1.58. The lowest BCUT2D eigenvalue weighted by molar-refractivity contribution is -0.118. The van der Waals surface area contributed by atoms with Crippen LogP contribution in [-0.4, -0.2) is 40.3 Å². The van der Waals surface area contributed by atoms with Crippen LogP contribution >= 0.6 is 11.8 Å². The molecule has 0 radical (unpaired) electrons.